The average molecular weight is 518 g/mol. The molecule has 0 saturated carbocycles. The molecular weight excluding hydrogens is 478 g/mol. The molecule has 202 valence electrons. The van der Waals surface area contributed by atoms with Crippen LogP contribution in [-0.2, 0) is 29.0 Å². The number of piperidine rings is 2. The number of rotatable bonds is 7. The predicted octanol–water partition coefficient (Wildman–Crippen LogP) is 3.76. The van der Waals surface area contributed by atoms with E-state index in [1.54, 1.807) is 4.90 Å². The number of nitrogens with zero attached hydrogens (tertiary/aromatic N) is 2. The maximum absolute atomic E-state index is 13.5. The van der Waals surface area contributed by atoms with Crippen LogP contribution in [0.1, 0.15) is 59.2 Å². The van der Waals surface area contributed by atoms with Crippen molar-refractivity contribution in [2.45, 2.75) is 51.5 Å². The van der Waals surface area contributed by atoms with Crippen molar-refractivity contribution in [1.29, 1.82) is 0 Å². The van der Waals surface area contributed by atoms with Gasteiger partial charge in [-0.2, -0.15) is 0 Å². The standard InChI is InChI=1S/C31H39N3O4/c35-29(36)20-27-18-25-6-7-26(30(37)33-16-11-24(12-17-33)23-8-13-32-14-9-23)19-28(25)21-34(31(27)38)15-10-22-4-2-1-3-5-22/h1-7,19,23-24,27,32H,8-18,20-21H2,(H,35,36). The normalized spacial score (nSPS) is 21.2. The number of amides is 2. The molecule has 38 heavy (non-hydrogen) atoms. The third kappa shape index (κ3) is 6.26. The highest BCUT2D eigenvalue weighted by Crippen LogP contribution is 2.32. The fourth-order valence-electron chi connectivity index (χ4n) is 6.54. The second-order valence-electron chi connectivity index (χ2n) is 11.2. The van der Waals surface area contributed by atoms with Crippen LogP contribution in [0.2, 0.25) is 0 Å². The minimum Gasteiger partial charge on any atom is -0.481 e. The van der Waals surface area contributed by atoms with Gasteiger partial charge in [0.25, 0.3) is 5.91 Å². The van der Waals surface area contributed by atoms with Crippen molar-refractivity contribution in [3.05, 3.63) is 70.8 Å². The van der Waals surface area contributed by atoms with Crippen LogP contribution in [0.15, 0.2) is 48.5 Å². The van der Waals surface area contributed by atoms with Crippen molar-refractivity contribution < 1.29 is 19.5 Å². The summed E-state index contributed by atoms with van der Waals surface area (Å²) in [5, 5.41) is 12.9. The molecule has 1 atom stereocenters. The second kappa shape index (κ2) is 12.1. The third-order valence-electron chi connectivity index (χ3n) is 8.75. The van der Waals surface area contributed by atoms with Crippen LogP contribution in [0.3, 0.4) is 0 Å². The van der Waals surface area contributed by atoms with Gasteiger partial charge in [-0.25, -0.2) is 0 Å². The zero-order valence-corrected chi connectivity index (χ0v) is 22.1. The number of carbonyl (C=O) groups excluding carboxylic acids is 2. The van der Waals surface area contributed by atoms with E-state index < -0.39 is 11.9 Å². The second-order valence-corrected chi connectivity index (χ2v) is 11.2. The number of carboxylic acid groups (broad SMARTS) is 1. The van der Waals surface area contributed by atoms with Crippen LogP contribution in [0.5, 0.6) is 0 Å². The van der Waals surface area contributed by atoms with E-state index in [9.17, 15) is 19.5 Å². The monoisotopic (exact) mass is 517 g/mol. The van der Waals surface area contributed by atoms with Crippen molar-refractivity contribution in [2.75, 3.05) is 32.7 Å². The zero-order chi connectivity index (χ0) is 26.5. The molecule has 7 heteroatoms. The molecule has 3 heterocycles. The molecule has 2 saturated heterocycles. The number of aliphatic carboxylic acids is 1. The van der Waals surface area contributed by atoms with E-state index >= 15 is 0 Å². The highest BCUT2D eigenvalue weighted by atomic mass is 16.4. The summed E-state index contributed by atoms with van der Waals surface area (Å²) in [5.41, 5.74) is 3.72. The van der Waals surface area contributed by atoms with Crippen LogP contribution in [0.25, 0.3) is 0 Å². The Morgan fingerprint density at radius 3 is 2.34 bits per heavy atom. The Kier molecular flexibility index (Phi) is 8.42. The molecule has 2 amide bonds. The first-order valence-electron chi connectivity index (χ1n) is 14.1. The van der Waals surface area contributed by atoms with Crippen molar-refractivity contribution in [3.63, 3.8) is 0 Å². The van der Waals surface area contributed by atoms with Crippen LogP contribution < -0.4 is 5.32 Å². The number of nitrogens with one attached hydrogen (secondary N) is 1. The third-order valence-corrected chi connectivity index (χ3v) is 8.75. The highest BCUT2D eigenvalue weighted by molar-refractivity contribution is 5.94. The van der Waals surface area contributed by atoms with E-state index in [0.717, 1.165) is 61.6 Å². The summed E-state index contributed by atoms with van der Waals surface area (Å²) >= 11 is 0. The van der Waals surface area contributed by atoms with Gasteiger partial charge in [0.1, 0.15) is 0 Å². The molecule has 0 spiro atoms. The smallest absolute Gasteiger partial charge is 0.304 e. The lowest BCUT2D eigenvalue weighted by atomic mass is 9.79. The van der Waals surface area contributed by atoms with Gasteiger partial charge < -0.3 is 20.2 Å². The van der Waals surface area contributed by atoms with Crippen LogP contribution in [-0.4, -0.2) is 65.4 Å². The van der Waals surface area contributed by atoms with E-state index in [-0.39, 0.29) is 18.2 Å². The lowest BCUT2D eigenvalue weighted by Gasteiger charge is -2.38. The summed E-state index contributed by atoms with van der Waals surface area (Å²) in [6, 6.07) is 15.8. The molecule has 0 aliphatic carbocycles. The summed E-state index contributed by atoms with van der Waals surface area (Å²) in [7, 11) is 0. The highest BCUT2D eigenvalue weighted by Gasteiger charge is 2.33. The van der Waals surface area contributed by atoms with E-state index in [1.807, 2.05) is 53.4 Å². The Balaban J connectivity index is 1.29. The quantitative estimate of drug-likeness (QED) is 0.584. The number of hydrogen-bond donors (Lipinski definition) is 2. The largest absolute Gasteiger partial charge is 0.481 e. The van der Waals surface area contributed by atoms with Gasteiger partial charge in [0.15, 0.2) is 0 Å². The van der Waals surface area contributed by atoms with Crippen molar-refractivity contribution in [1.82, 2.24) is 15.1 Å². The van der Waals surface area contributed by atoms with Gasteiger partial charge in [0.2, 0.25) is 5.91 Å². The Labute approximate surface area is 225 Å². The Morgan fingerprint density at radius 2 is 1.63 bits per heavy atom. The molecule has 3 aliphatic rings. The molecule has 5 rings (SSSR count). The minimum absolute atomic E-state index is 0.0602. The maximum Gasteiger partial charge on any atom is 0.304 e. The molecule has 0 radical (unpaired) electrons. The van der Waals surface area contributed by atoms with Gasteiger partial charge in [-0.05, 0) is 92.3 Å². The average Bonchev–Trinajstić information content (AvgIpc) is 3.08. The van der Waals surface area contributed by atoms with Gasteiger partial charge in [0.05, 0.1) is 12.3 Å². The number of fused-ring (bicyclic) bond motifs is 1. The van der Waals surface area contributed by atoms with Crippen molar-refractivity contribution in [2.24, 2.45) is 17.8 Å². The minimum atomic E-state index is -0.963. The molecule has 2 aromatic rings. The van der Waals surface area contributed by atoms with Gasteiger partial charge in [0, 0.05) is 31.7 Å². The first-order valence-corrected chi connectivity index (χ1v) is 14.1. The summed E-state index contributed by atoms with van der Waals surface area (Å²) < 4.78 is 0. The van der Waals surface area contributed by atoms with Gasteiger partial charge in [-0.3, -0.25) is 14.4 Å². The Hall–Kier alpha value is -3.19. The number of likely N-dealkylation sites (tertiary alicyclic amines) is 1. The predicted molar refractivity (Wildman–Crippen MR) is 146 cm³/mol. The molecule has 2 fully saturated rings. The van der Waals surface area contributed by atoms with Gasteiger partial charge in [-0.15, -0.1) is 0 Å². The molecule has 2 aromatic carbocycles. The van der Waals surface area contributed by atoms with Gasteiger partial charge >= 0.3 is 5.97 Å². The lowest BCUT2D eigenvalue weighted by Crippen LogP contribution is -2.42. The number of carbonyl (C=O) groups is 3. The van der Waals surface area contributed by atoms with E-state index in [2.05, 4.69) is 5.32 Å². The molecule has 2 N–H and O–H groups in total. The van der Waals surface area contributed by atoms with Gasteiger partial charge in [-0.1, -0.05) is 36.4 Å². The molecule has 1 unspecified atom stereocenters. The zero-order valence-electron chi connectivity index (χ0n) is 22.1. The fourth-order valence-corrected chi connectivity index (χ4v) is 6.54. The summed E-state index contributed by atoms with van der Waals surface area (Å²) in [6.45, 7) is 4.73. The number of carboxylic acids is 1. The van der Waals surface area contributed by atoms with Crippen LogP contribution in [0.4, 0.5) is 0 Å². The van der Waals surface area contributed by atoms with E-state index in [1.165, 1.54) is 12.8 Å². The van der Waals surface area contributed by atoms with E-state index in [4.69, 9.17) is 0 Å². The maximum atomic E-state index is 13.5. The molecular formula is C31H39N3O4. The van der Waals surface area contributed by atoms with Crippen LogP contribution in [0, 0.1) is 17.8 Å². The topological polar surface area (TPSA) is 89.9 Å². The summed E-state index contributed by atoms with van der Waals surface area (Å²) in [5.74, 6) is -0.130. The molecule has 7 nitrogen and oxygen atoms in total. The van der Waals surface area contributed by atoms with Crippen molar-refractivity contribution >= 4 is 17.8 Å². The van der Waals surface area contributed by atoms with Crippen LogP contribution >= 0.6 is 0 Å². The Bertz CT molecular complexity index is 1140. The summed E-state index contributed by atoms with van der Waals surface area (Å²) in [6.07, 6.45) is 5.52. The number of benzene rings is 2. The fraction of sp³-hybridized carbons (Fsp3) is 0.516. The van der Waals surface area contributed by atoms with Crippen molar-refractivity contribution in [3.8, 4) is 0 Å². The first-order chi connectivity index (χ1) is 18.5. The summed E-state index contributed by atoms with van der Waals surface area (Å²) in [4.78, 5) is 42.2. The molecule has 3 aliphatic heterocycles. The molecule has 0 bridgehead atoms. The lowest BCUT2D eigenvalue weighted by molar-refractivity contribution is -0.144. The molecule has 0 aromatic heterocycles. The number of hydrogen-bond acceptors (Lipinski definition) is 4. The van der Waals surface area contributed by atoms with E-state index in [0.29, 0.717) is 37.4 Å². The first kappa shape index (κ1) is 26.4. The SMILES string of the molecule is O=C(O)CC1Cc2ccc(C(=O)N3CCC(C4CCNCC4)CC3)cc2CN(CCc2ccccc2)C1=O. The Morgan fingerprint density at radius 1 is 0.921 bits per heavy atom.